The molecule has 0 aliphatic rings. The minimum absolute atomic E-state index is 0.430. The van der Waals surface area contributed by atoms with Crippen LogP contribution in [0.25, 0.3) is 10.1 Å². The zero-order valence-electron chi connectivity index (χ0n) is 14.9. The molecule has 2 heterocycles. The molecular formula is C21H16N2O2S3. The van der Waals surface area contributed by atoms with Gasteiger partial charge in [-0.25, -0.2) is 4.21 Å². The Bertz CT molecular complexity index is 1180. The lowest BCUT2D eigenvalue weighted by molar-refractivity contribution is 0.100. The number of nitrogens with zero attached hydrogens (tertiary/aromatic N) is 1. The third-order valence-electron chi connectivity index (χ3n) is 4.15. The van der Waals surface area contributed by atoms with E-state index < -0.39 is 16.7 Å². The quantitative estimate of drug-likeness (QED) is 0.488. The molecule has 0 radical (unpaired) electrons. The molecule has 2 aromatic carbocycles. The topological polar surface area (TPSA) is 73.1 Å². The molecule has 1 amide bonds. The van der Waals surface area contributed by atoms with Gasteiger partial charge in [-0.3, -0.25) is 9.78 Å². The molecule has 4 aromatic rings. The van der Waals surface area contributed by atoms with E-state index in [1.54, 1.807) is 24.2 Å². The van der Waals surface area contributed by atoms with Crippen LogP contribution in [0.5, 0.6) is 0 Å². The van der Waals surface area contributed by atoms with Gasteiger partial charge in [0.1, 0.15) is 0 Å². The molecule has 1 unspecified atom stereocenters. The van der Waals surface area contributed by atoms with Crippen molar-refractivity contribution in [2.75, 3.05) is 0 Å². The summed E-state index contributed by atoms with van der Waals surface area (Å²) in [6.45, 7) is 2.01. The predicted octanol–water partition coefficient (Wildman–Crippen LogP) is 5.02. The highest BCUT2D eigenvalue weighted by atomic mass is 32.2. The zero-order valence-corrected chi connectivity index (χ0v) is 17.4. The van der Waals surface area contributed by atoms with Crippen LogP contribution in [0, 0.1) is 6.92 Å². The number of primary amides is 1. The number of carbonyl (C=O) groups is 1. The highest BCUT2D eigenvalue weighted by Gasteiger charge is 2.12. The van der Waals surface area contributed by atoms with E-state index in [4.69, 9.17) is 5.73 Å². The van der Waals surface area contributed by atoms with Gasteiger partial charge in [-0.15, -0.1) is 11.3 Å². The van der Waals surface area contributed by atoms with Gasteiger partial charge >= 0.3 is 0 Å². The lowest BCUT2D eigenvalue weighted by Crippen LogP contribution is -2.08. The van der Waals surface area contributed by atoms with Gasteiger partial charge in [0.15, 0.2) is 0 Å². The summed E-state index contributed by atoms with van der Waals surface area (Å²) in [5.41, 5.74) is 6.54. The molecule has 0 aliphatic carbocycles. The number of hydrogen-bond donors (Lipinski definition) is 1. The van der Waals surface area contributed by atoms with Crippen LogP contribution in [0.15, 0.2) is 86.6 Å². The maximum atomic E-state index is 12.7. The fourth-order valence-corrected chi connectivity index (χ4v) is 5.62. The third kappa shape index (κ3) is 3.87. The maximum Gasteiger partial charge on any atom is 0.258 e. The fourth-order valence-electron chi connectivity index (χ4n) is 2.69. The molecule has 0 spiro atoms. The van der Waals surface area contributed by atoms with Crippen molar-refractivity contribution in [2.45, 2.75) is 26.5 Å². The Labute approximate surface area is 173 Å². The third-order valence-corrected chi connectivity index (χ3v) is 7.69. The van der Waals surface area contributed by atoms with Gasteiger partial charge in [0.25, 0.3) is 5.91 Å². The Morgan fingerprint density at radius 1 is 1.04 bits per heavy atom. The smallest absolute Gasteiger partial charge is 0.258 e. The average Bonchev–Trinajstić information content (AvgIpc) is 3.14. The molecule has 0 aliphatic heterocycles. The molecule has 0 saturated heterocycles. The highest BCUT2D eigenvalue weighted by molar-refractivity contribution is 7.99. The SMILES string of the molecule is Cc1ccc(S(=O)c2ccc(Sc3cncc4sc(C(N)=O)cc34)cc2)cc1. The van der Waals surface area contributed by atoms with E-state index in [9.17, 15) is 9.00 Å². The monoisotopic (exact) mass is 424 g/mol. The number of benzene rings is 2. The average molecular weight is 425 g/mol. The Morgan fingerprint density at radius 2 is 1.68 bits per heavy atom. The van der Waals surface area contributed by atoms with Crippen molar-refractivity contribution in [1.29, 1.82) is 0 Å². The van der Waals surface area contributed by atoms with Gasteiger partial charge in [-0.05, 0) is 49.4 Å². The molecule has 4 rings (SSSR count). The van der Waals surface area contributed by atoms with Crippen LogP contribution in [-0.2, 0) is 10.8 Å². The van der Waals surface area contributed by atoms with Crippen molar-refractivity contribution < 1.29 is 9.00 Å². The van der Waals surface area contributed by atoms with Crippen molar-refractivity contribution in [3.05, 3.63) is 77.4 Å². The Balaban J connectivity index is 1.58. The van der Waals surface area contributed by atoms with Crippen molar-refractivity contribution in [3.63, 3.8) is 0 Å². The Morgan fingerprint density at radius 3 is 2.32 bits per heavy atom. The van der Waals surface area contributed by atoms with Crippen molar-refractivity contribution in [2.24, 2.45) is 5.73 Å². The summed E-state index contributed by atoms with van der Waals surface area (Å²) in [6.07, 6.45) is 3.52. The van der Waals surface area contributed by atoms with Crippen LogP contribution in [-0.4, -0.2) is 15.1 Å². The fraction of sp³-hybridized carbons (Fsp3) is 0.0476. The van der Waals surface area contributed by atoms with Crippen molar-refractivity contribution in [3.8, 4) is 0 Å². The molecular weight excluding hydrogens is 408 g/mol. The number of carbonyl (C=O) groups excluding carboxylic acids is 1. The largest absolute Gasteiger partial charge is 0.365 e. The molecule has 140 valence electrons. The van der Waals surface area contributed by atoms with Gasteiger partial charge < -0.3 is 5.73 Å². The van der Waals surface area contributed by atoms with Gasteiger partial charge in [-0.2, -0.15) is 0 Å². The normalized spacial score (nSPS) is 12.2. The van der Waals surface area contributed by atoms with E-state index in [0.29, 0.717) is 4.88 Å². The van der Waals surface area contributed by atoms with E-state index in [2.05, 4.69) is 4.98 Å². The van der Waals surface area contributed by atoms with Crippen LogP contribution in [0.3, 0.4) is 0 Å². The number of nitrogens with two attached hydrogens (primary N) is 1. The molecule has 28 heavy (non-hydrogen) atoms. The second-order valence-corrected chi connectivity index (χ2v) is 9.86. The maximum absolute atomic E-state index is 12.7. The first kappa shape index (κ1) is 18.9. The lowest BCUT2D eigenvalue weighted by atomic mass is 10.2. The minimum Gasteiger partial charge on any atom is -0.365 e. The first-order valence-electron chi connectivity index (χ1n) is 8.45. The molecule has 7 heteroatoms. The number of aryl methyl sites for hydroxylation is 1. The van der Waals surface area contributed by atoms with Gasteiger partial charge in [0.2, 0.25) is 0 Å². The van der Waals surface area contributed by atoms with E-state index in [1.807, 2.05) is 61.5 Å². The molecule has 0 bridgehead atoms. The van der Waals surface area contributed by atoms with Crippen LogP contribution >= 0.6 is 23.1 Å². The minimum atomic E-state index is -1.21. The number of rotatable bonds is 5. The van der Waals surface area contributed by atoms with Crippen LogP contribution in [0.2, 0.25) is 0 Å². The van der Waals surface area contributed by atoms with E-state index >= 15 is 0 Å². The number of pyridine rings is 1. The van der Waals surface area contributed by atoms with Gasteiger partial charge in [-0.1, -0.05) is 29.5 Å². The zero-order chi connectivity index (χ0) is 19.7. The van der Waals surface area contributed by atoms with Crippen molar-refractivity contribution >= 4 is 49.9 Å². The number of hydrogen-bond acceptors (Lipinski definition) is 5. The van der Waals surface area contributed by atoms with Gasteiger partial charge in [0, 0.05) is 37.4 Å². The summed E-state index contributed by atoms with van der Waals surface area (Å²) >= 11 is 2.90. The number of fused-ring (bicyclic) bond motifs is 1. The van der Waals surface area contributed by atoms with Crippen LogP contribution in [0.4, 0.5) is 0 Å². The second kappa shape index (κ2) is 7.87. The first-order chi connectivity index (χ1) is 13.5. The summed E-state index contributed by atoms with van der Waals surface area (Å²) in [4.78, 5) is 19.7. The highest BCUT2D eigenvalue weighted by Crippen LogP contribution is 2.36. The van der Waals surface area contributed by atoms with Gasteiger partial charge in [0.05, 0.1) is 20.4 Å². The standard InChI is InChI=1S/C21H16N2O2S3/c1-13-2-6-15(7-3-13)28(25)16-8-4-14(5-9-16)26-19-11-23-12-20-17(19)10-18(27-20)21(22)24/h2-12H,1H3,(H2,22,24). The molecule has 1 atom stereocenters. The van der Waals surface area contributed by atoms with E-state index in [-0.39, 0.29) is 0 Å². The number of thiophene rings is 1. The summed E-state index contributed by atoms with van der Waals surface area (Å²) in [7, 11) is -1.21. The van der Waals surface area contributed by atoms with Crippen LogP contribution in [0.1, 0.15) is 15.2 Å². The molecule has 0 saturated carbocycles. The molecule has 2 N–H and O–H groups in total. The lowest BCUT2D eigenvalue weighted by Gasteiger charge is -2.06. The van der Waals surface area contributed by atoms with E-state index in [0.717, 1.165) is 35.2 Å². The molecule has 4 nitrogen and oxygen atoms in total. The number of aromatic nitrogens is 1. The molecule has 2 aromatic heterocycles. The predicted molar refractivity (Wildman–Crippen MR) is 115 cm³/mol. The second-order valence-electron chi connectivity index (χ2n) is 6.18. The summed E-state index contributed by atoms with van der Waals surface area (Å²) in [6, 6.07) is 17.2. The Hall–Kier alpha value is -2.48. The Kier molecular flexibility index (Phi) is 5.30. The van der Waals surface area contributed by atoms with Crippen LogP contribution < -0.4 is 5.73 Å². The van der Waals surface area contributed by atoms with E-state index in [1.165, 1.54) is 11.3 Å². The summed E-state index contributed by atoms with van der Waals surface area (Å²) in [5.74, 6) is -0.430. The number of amides is 1. The summed E-state index contributed by atoms with van der Waals surface area (Å²) < 4.78 is 13.6. The first-order valence-corrected chi connectivity index (χ1v) is 11.2. The van der Waals surface area contributed by atoms with Crippen molar-refractivity contribution in [1.82, 2.24) is 4.98 Å². The summed E-state index contributed by atoms with van der Waals surface area (Å²) in [5, 5.41) is 0.964. The molecule has 0 fully saturated rings.